The third kappa shape index (κ3) is 3.33. The number of pyridine rings is 1. The molecule has 2 aromatic heterocycles. The number of aryl methyl sites for hydroxylation is 2. The molecule has 6 heteroatoms. The molecular formula is C22H22N4O2. The standard InChI is InChI=1S/C22H22N4O2/c1-15-5-7-20-18(14-15)4-3-13-25(20)22(28)16(2)26-21(27)8-6-19(24-26)17-9-11-23-12-10-17/h5-12,14,16H,3-4,13H2,1-2H3. The highest BCUT2D eigenvalue weighted by atomic mass is 16.2. The van der Waals surface area contributed by atoms with Crippen LogP contribution in [0.15, 0.2) is 59.7 Å². The average molecular weight is 374 g/mol. The van der Waals surface area contributed by atoms with Gasteiger partial charge in [-0.25, -0.2) is 4.68 Å². The van der Waals surface area contributed by atoms with Crippen molar-refractivity contribution < 1.29 is 4.79 Å². The lowest BCUT2D eigenvalue weighted by atomic mass is 9.99. The van der Waals surface area contributed by atoms with E-state index in [2.05, 4.69) is 23.1 Å². The van der Waals surface area contributed by atoms with E-state index in [1.807, 2.05) is 24.3 Å². The summed E-state index contributed by atoms with van der Waals surface area (Å²) in [5, 5.41) is 4.46. The minimum absolute atomic E-state index is 0.119. The number of aromatic nitrogens is 3. The van der Waals surface area contributed by atoms with Gasteiger partial charge < -0.3 is 4.90 Å². The van der Waals surface area contributed by atoms with Crippen molar-refractivity contribution in [3.8, 4) is 11.3 Å². The van der Waals surface area contributed by atoms with Gasteiger partial charge >= 0.3 is 0 Å². The SMILES string of the molecule is Cc1ccc2c(c1)CCCN2C(=O)C(C)n1nc(-c2ccncc2)ccc1=O. The van der Waals surface area contributed by atoms with Crippen LogP contribution in [0.5, 0.6) is 0 Å². The van der Waals surface area contributed by atoms with Crippen LogP contribution in [0.25, 0.3) is 11.3 Å². The van der Waals surface area contributed by atoms with E-state index in [1.165, 1.54) is 21.9 Å². The molecule has 0 fully saturated rings. The van der Waals surface area contributed by atoms with E-state index >= 15 is 0 Å². The van der Waals surface area contributed by atoms with Crippen molar-refractivity contribution in [3.05, 3.63) is 76.3 Å². The molecule has 0 radical (unpaired) electrons. The van der Waals surface area contributed by atoms with Crippen LogP contribution in [-0.2, 0) is 11.2 Å². The molecule has 0 spiro atoms. The predicted octanol–water partition coefficient (Wildman–Crippen LogP) is 3.15. The molecule has 28 heavy (non-hydrogen) atoms. The number of nitrogens with zero attached hydrogens (tertiary/aromatic N) is 4. The minimum atomic E-state index is -0.693. The maximum Gasteiger partial charge on any atom is 0.267 e. The molecular weight excluding hydrogens is 352 g/mol. The number of hydrogen-bond donors (Lipinski definition) is 0. The Hall–Kier alpha value is -3.28. The highest BCUT2D eigenvalue weighted by Gasteiger charge is 2.28. The first-order valence-electron chi connectivity index (χ1n) is 9.46. The number of carbonyl (C=O) groups excluding carboxylic acids is 1. The first-order chi connectivity index (χ1) is 13.5. The molecule has 1 unspecified atom stereocenters. The number of anilines is 1. The molecule has 1 aromatic carbocycles. The van der Waals surface area contributed by atoms with E-state index in [-0.39, 0.29) is 11.5 Å². The van der Waals surface area contributed by atoms with Crippen LogP contribution >= 0.6 is 0 Å². The number of fused-ring (bicyclic) bond motifs is 1. The molecule has 4 rings (SSSR count). The molecule has 1 aliphatic rings. The molecule has 6 nitrogen and oxygen atoms in total. The van der Waals surface area contributed by atoms with Gasteiger partial charge in [0.05, 0.1) is 5.69 Å². The normalized spacial score (nSPS) is 14.4. The second-order valence-electron chi connectivity index (χ2n) is 7.14. The lowest BCUT2D eigenvalue weighted by Crippen LogP contribution is -2.42. The zero-order valence-electron chi connectivity index (χ0n) is 16.0. The molecule has 3 aromatic rings. The molecule has 1 aliphatic heterocycles. The Labute approximate surface area is 163 Å². The molecule has 0 saturated carbocycles. The van der Waals surface area contributed by atoms with Gasteiger partial charge in [-0.1, -0.05) is 17.7 Å². The van der Waals surface area contributed by atoms with Crippen molar-refractivity contribution in [1.29, 1.82) is 0 Å². The van der Waals surface area contributed by atoms with E-state index in [4.69, 9.17) is 0 Å². The van der Waals surface area contributed by atoms with Gasteiger partial charge in [-0.05, 0) is 56.5 Å². The van der Waals surface area contributed by atoms with E-state index in [9.17, 15) is 9.59 Å². The Morgan fingerprint density at radius 1 is 1.11 bits per heavy atom. The summed E-state index contributed by atoms with van der Waals surface area (Å²) >= 11 is 0. The molecule has 1 amide bonds. The maximum atomic E-state index is 13.3. The fourth-order valence-corrected chi connectivity index (χ4v) is 3.66. The summed E-state index contributed by atoms with van der Waals surface area (Å²) in [6.07, 6.45) is 5.22. The summed E-state index contributed by atoms with van der Waals surface area (Å²) in [5.41, 5.74) is 4.49. The van der Waals surface area contributed by atoms with Gasteiger partial charge in [0, 0.05) is 36.3 Å². The van der Waals surface area contributed by atoms with E-state index < -0.39 is 6.04 Å². The molecule has 0 N–H and O–H groups in total. The van der Waals surface area contributed by atoms with Crippen molar-refractivity contribution in [2.75, 3.05) is 11.4 Å². The Kier molecular flexibility index (Phi) is 4.77. The molecule has 142 valence electrons. The summed E-state index contributed by atoms with van der Waals surface area (Å²) in [6, 6.07) is 12.2. The second kappa shape index (κ2) is 7.38. The number of carbonyl (C=O) groups is 1. The van der Waals surface area contributed by atoms with Crippen molar-refractivity contribution in [1.82, 2.24) is 14.8 Å². The molecule has 0 bridgehead atoms. The molecule has 3 heterocycles. The van der Waals surface area contributed by atoms with Gasteiger partial charge in [-0.3, -0.25) is 14.6 Å². The van der Waals surface area contributed by atoms with Gasteiger partial charge in [0.2, 0.25) is 0 Å². The van der Waals surface area contributed by atoms with Crippen LogP contribution in [0.4, 0.5) is 5.69 Å². The molecule has 0 aliphatic carbocycles. The number of amides is 1. The van der Waals surface area contributed by atoms with E-state index in [1.54, 1.807) is 30.3 Å². The van der Waals surface area contributed by atoms with Crippen LogP contribution in [-0.4, -0.2) is 27.2 Å². The quantitative estimate of drug-likeness (QED) is 0.706. The second-order valence-corrected chi connectivity index (χ2v) is 7.14. The van der Waals surface area contributed by atoms with Crippen molar-refractivity contribution in [2.45, 2.75) is 32.7 Å². The maximum absolute atomic E-state index is 13.3. The highest BCUT2D eigenvalue weighted by Crippen LogP contribution is 2.29. The Morgan fingerprint density at radius 2 is 1.89 bits per heavy atom. The Bertz CT molecular complexity index is 1080. The summed E-state index contributed by atoms with van der Waals surface area (Å²) in [7, 11) is 0. The highest BCUT2D eigenvalue weighted by molar-refractivity contribution is 5.97. The summed E-state index contributed by atoms with van der Waals surface area (Å²) in [5.74, 6) is -0.119. The lowest BCUT2D eigenvalue weighted by Gasteiger charge is -2.32. The smallest absolute Gasteiger partial charge is 0.267 e. The van der Waals surface area contributed by atoms with Gasteiger partial charge in [0.15, 0.2) is 0 Å². The summed E-state index contributed by atoms with van der Waals surface area (Å²) in [6.45, 7) is 4.44. The third-order valence-electron chi connectivity index (χ3n) is 5.15. The van der Waals surface area contributed by atoms with Crippen molar-refractivity contribution in [2.24, 2.45) is 0 Å². The van der Waals surface area contributed by atoms with Crippen molar-refractivity contribution in [3.63, 3.8) is 0 Å². The Balaban J connectivity index is 1.68. The first-order valence-corrected chi connectivity index (χ1v) is 9.46. The van der Waals surface area contributed by atoms with Gasteiger partial charge in [-0.15, -0.1) is 0 Å². The minimum Gasteiger partial charge on any atom is -0.310 e. The third-order valence-corrected chi connectivity index (χ3v) is 5.15. The number of benzene rings is 1. The summed E-state index contributed by atoms with van der Waals surface area (Å²) in [4.78, 5) is 31.5. The fraction of sp³-hybridized carbons (Fsp3) is 0.273. The van der Waals surface area contributed by atoms with Crippen LogP contribution in [0.1, 0.15) is 30.5 Å². The fourth-order valence-electron chi connectivity index (χ4n) is 3.66. The summed E-state index contributed by atoms with van der Waals surface area (Å²) < 4.78 is 1.28. The van der Waals surface area contributed by atoms with E-state index in [0.29, 0.717) is 12.2 Å². The zero-order valence-corrected chi connectivity index (χ0v) is 16.0. The van der Waals surface area contributed by atoms with Gasteiger partial charge in [0.25, 0.3) is 11.5 Å². The van der Waals surface area contributed by atoms with Crippen LogP contribution < -0.4 is 10.5 Å². The van der Waals surface area contributed by atoms with Crippen LogP contribution in [0.2, 0.25) is 0 Å². The van der Waals surface area contributed by atoms with Gasteiger partial charge in [0.1, 0.15) is 6.04 Å². The van der Waals surface area contributed by atoms with Crippen LogP contribution in [0, 0.1) is 6.92 Å². The largest absolute Gasteiger partial charge is 0.310 e. The molecule has 0 saturated heterocycles. The topological polar surface area (TPSA) is 68.1 Å². The van der Waals surface area contributed by atoms with E-state index in [0.717, 1.165) is 24.1 Å². The number of rotatable bonds is 3. The first kappa shape index (κ1) is 18.1. The Morgan fingerprint density at radius 3 is 2.68 bits per heavy atom. The average Bonchev–Trinajstić information content (AvgIpc) is 2.73. The predicted molar refractivity (Wildman–Crippen MR) is 108 cm³/mol. The lowest BCUT2D eigenvalue weighted by molar-refractivity contribution is -0.121. The monoisotopic (exact) mass is 374 g/mol. The number of hydrogen-bond acceptors (Lipinski definition) is 4. The van der Waals surface area contributed by atoms with Crippen LogP contribution in [0.3, 0.4) is 0 Å². The van der Waals surface area contributed by atoms with Crippen molar-refractivity contribution >= 4 is 11.6 Å². The zero-order chi connectivity index (χ0) is 19.7. The van der Waals surface area contributed by atoms with Gasteiger partial charge in [-0.2, -0.15) is 5.10 Å². The molecule has 1 atom stereocenters.